The fourth-order valence-corrected chi connectivity index (χ4v) is 1.71. The van der Waals surface area contributed by atoms with Crippen LogP contribution in [0.4, 0.5) is 0 Å². The Kier molecular flexibility index (Phi) is 4.63. The van der Waals surface area contributed by atoms with Gasteiger partial charge in [0.2, 0.25) is 5.91 Å². The number of likely N-dealkylation sites (N-methyl/N-ethyl adjacent to an activating group) is 1. The van der Waals surface area contributed by atoms with E-state index in [1.54, 1.807) is 11.9 Å². The van der Waals surface area contributed by atoms with E-state index in [1.807, 2.05) is 37.3 Å². The normalized spacial score (nSPS) is 12.2. The lowest BCUT2D eigenvalue weighted by molar-refractivity contribution is -0.130. The summed E-state index contributed by atoms with van der Waals surface area (Å²) in [6.45, 7) is 2.51. The Morgan fingerprint density at radius 1 is 1.40 bits per heavy atom. The third-order valence-electron chi connectivity index (χ3n) is 2.47. The summed E-state index contributed by atoms with van der Waals surface area (Å²) < 4.78 is 0. The van der Waals surface area contributed by atoms with Gasteiger partial charge in [-0.15, -0.1) is 11.6 Å². The van der Waals surface area contributed by atoms with Gasteiger partial charge in [-0.05, 0) is 12.5 Å². The summed E-state index contributed by atoms with van der Waals surface area (Å²) in [5, 5.41) is 0. The highest BCUT2D eigenvalue weighted by Crippen LogP contribution is 2.16. The van der Waals surface area contributed by atoms with E-state index in [9.17, 15) is 4.79 Å². The van der Waals surface area contributed by atoms with Crippen molar-refractivity contribution in [1.82, 2.24) is 4.90 Å². The summed E-state index contributed by atoms with van der Waals surface area (Å²) in [5.74, 6) is 0.491. The highest BCUT2D eigenvalue weighted by molar-refractivity contribution is 6.18. The fraction of sp³-hybridized carbons (Fsp3) is 0.417. The predicted octanol–water partition coefficient (Wildman–Crippen LogP) is 2.49. The first kappa shape index (κ1) is 12.1. The minimum Gasteiger partial charge on any atom is -0.344 e. The average Bonchev–Trinajstić information content (AvgIpc) is 2.28. The van der Waals surface area contributed by atoms with Crippen molar-refractivity contribution >= 4 is 17.5 Å². The van der Waals surface area contributed by atoms with Crippen LogP contribution in [-0.2, 0) is 4.79 Å². The molecule has 0 aliphatic carbocycles. The molecule has 0 spiro atoms. The molecule has 2 nitrogen and oxygen atoms in total. The van der Waals surface area contributed by atoms with Crippen LogP contribution < -0.4 is 0 Å². The van der Waals surface area contributed by atoms with Crippen LogP contribution in [-0.4, -0.2) is 30.3 Å². The van der Waals surface area contributed by atoms with Gasteiger partial charge in [-0.25, -0.2) is 0 Å². The van der Waals surface area contributed by atoms with Gasteiger partial charge < -0.3 is 4.90 Å². The summed E-state index contributed by atoms with van der Waals surface area (Å²) >= 11 is 5.60. The van der Waals surface area contributed by atoms with Crippen molar-refractivity contribution < 1.29 is 4.79 Å². The minimum atomic E-state index is -0.0978. The lowest BCUT2D eigenvalue weighted by Crippen LogP contribution is -2.32. The molecule has 1 aromatic rings. The van der Waals surface area contributed by atoms with Crippen LogP contribution >= 0.6 is 11.6 Å². The molecule has 1 amide bonds. The van der Waals surface area contributed by atoms with Crippen molar-refractivity contribution in [3.05, 3.63) is 35.9 Å². The number of benzene rings is 1. The zero-order chi connectivity index (χ0) is 11.3. The maximum atomic E-state index is 11.9. The van der Waals surface area contributed by atoms with Crippen LogP contribution in [0.2, 0.25) is 0 Å². The number of alkyl halides is 1. The molecule has 0 aliphatic heterocycles. The maximum absolute atomic E-state index is 11.9. The van der Waals surface area contributed by atoms with Crippen molar-refractivity contribution in [1.29, 1.82) is 0 Å². The zero-order valence-corrected chi connectivity index (χ0v) is 9.87. The first-order chi connectivity index (χ1) is 7.16. The average molecular weight is 226 g/mol. The number of nitrogens with zero attached hydrogens (tertiary/aromatic N) is 1. The molecule has 1 aromatic carbocycles. The van der Waals surface area contributed by atoms with Crippen molar-refractivity contribution in [2.75, 3.05) is 19.5 Å². The standard InChI is InChI=1S/C12H16ClNO/c1-10(11-6-4-3-5-7-11)12(15)14(2)9-8-13/h3-7,10H,8-9H2,1-2H3. The zero-order valence-electron chi connectivity index (χ0n) is 9.11. The second-order valence-electron chi connectivity index (χ2n) is 3.58. The van der Waals surface area contributed by atoms with Crippen LogP contribution in [0.1, 0.15) is 18.4 Å². The Labute approximate surface area is 95.8 Å². The predicted molar refractivity (Wildman–Crippen MR) is 63.2 cm³/mol. The van der Waals surface area contributed by atoms with Gasteiger partial charge in [-0.1, -0.05) is 30.3 Å². The highest BCUT2D eigenvalue weighted by atomic mass is 35.5. The van der Waals surface area contributed by atoms with Crippen LogP contribution in [0.25, 0.3) is 0 Å². The molecule has 1 rings (SSSR count). The number of halogens is 1. The lowest BCUT2D eigenvalue weighted by atomic mass is 10.00. The van der Waals surface area contributed by atoms with Crippen LogP contribution in [0.15, 0.2) is 30.3 Å². The number of carbonyl (C=O) groups excluding carboxylic acids is 1. The van der Waals surface area contributed by atoms with Crippen LogP contribution in [0, 0.1) is 0 Å². The molecule has 1 unspecified atom stereocenters. The van der Waals surface area contributed by atoms with Gasteiger partial charge in [0.05, 0.1) is 5.92 Å². The van der Waals surface area contributed by atoms with Gasteiger partial charge in [0.1, 0.15) is 0 Å². The summed E-state index contributed by atoms with van der Waals surface area (Å²) in [6.07, 6.45) is 0. The number of hydrogen-bond acceptors (Lipinski definition) is 1. The van der Waals surface area contributed by atoms with Crippen molar-refractivity contribution in [3.8, 4) is 0 Å². The second kappa shape index (κ2) is 5.76. The Morgan fingerprint density at radius 2 is 2.00 bits per heavy atom. The van der Waals surface area contributed by atoms with E-state index < -0.39 is 0 Å². The van der Waals surface area contributed by atoms with Gasteiger partial charge in [0.25, 0.3) is 0 Å². The SMILES string of the molecule is CC(C(=O)N(C)CCCl)c1ccccc1. The van der Waals surface area contributed by atoms with E-state index in [0.717, 1.165) is 5.56 Å². The third-order valence-corrected chi connectivity index (χ3v) is 2.64. The van der Waals surface area contributed by atoms with E-state index in [2.05, 4.69) is 0 Å². The van der Waals surface area contributed by atoms with E-state index in [-0.39, 0.29) is 11.8 Å². The molecular weight excluding hydrogens is 210 g/mol. The number of rotatable bonds is 4. The monoisotopic (exact) mass is 225 g/mol. The molecule has 0 bridgehead atoms. The van der Waals surface area contributed by atoms with Gasteiger partial charge in [0, 0.05) is 19.5 Å². The Balaban J connectivity index is 2.69. The fourth-order valence-electron chi connectivity index (χ4n) is 1.45. The molecule has 3 heteroatoms. The van der Waals surface area contributed by atoms with Crippen molar-refractivity contribution in [2.24, 2.45) is 0 Å². The quantitative estimate of drug-likeness (QED) is 0.721. The molecule has 0 N–H and O–H groups in total. The van der Waals surface area contributed by atoms with Gasteiger partial charge in [0.15, 0.2) is 0 Å². The first-order valence-corrected chi connectivity index (χ1v) is 5.56. The lowest BCUT2D eigenvalue weighted by Gasteiger charge is -2.20. The summed E-state index contributed by atoms with van der Waals surface area (Å²) in [6, 6.07) is 9.78. The molecule has 0 radical (unpaired) electrons. The highest BCUT2D eigenvalue weighted by Gasteiger charge is 2.18. The van der Waals surface area contributed by atoms with Gasteiger partial charge in [-0.2, -0.15) is 0 Å². The molecular formula is C12H16ClNO. The molecule has 82 valence electrons. The molecule has 0 saturated heterocycles. The van der Waals surface area contributed by atoms with Crippen LogP contribution in [0.5, 0.6) is 0 Å². The number of hydrogen-bond donors (Lipinski definition) is 0. The maximum Gasteiger partial charge on any atom is 0.229 e. The molecule has 0 heterocycles. The second-order valence-corrected chi connectivity index (χ2v) is 3.96. The van der Waals surface area contributed by atoms with Gasteiger partial charge in [-0.3, -0.25) is 4.79 Å². The van der Waals surface area contributed by atoms with E-state index in [1.165, 1.54) is 0 Å². The van der Waals surface area contributed by atoms with Crippen LogP contribution in [0.3, 0.4) is 0 Å². The Morgan fingerprint density at radius 3 is 2.53 bits per heavy atom. The van der Waals surface area contributed by atoms with Gasteiger partial charge >= 0.3 is 0 Å². The Bertz CT molecular complexity index is 313. The smallest absolute Gasteiger partial charge is 0.229 e. The van der Waals surface area contributed by atoms with E-state index in [4.69, 9.17) is 11.6 Å². The molecule has 0 fully saturated rings. The molecule has 0 aromatic heterocycles. The summed E-state index contributed by atoms with van der Waals surface area (Å²) in [5.41, 5.74) is 1.05. The number of amides is 1. The van der Waals surface area contributed by atoms with Crippen molar-refractivity contribution in [3.63, 3.8) is 0 Å². The third kappa shape index (κ3) is 3.24. The minimum absolute atomic E-state index is 0.0978. The largest absolute Gasteiger partial charge is 0.344 e. The number of carbonyl (C=O) groups is 1. The Hall–Kier alpha value is -1.02. The van der Waals surface area contributed by atoms with E-state index >= 15 is 0 Å². The van der Waals surface area contributed by atoms with Crippen molar-refractivity contribution in [2.45, 2.75) is 12.8 Å². The molecule has 1 atom stereocenters. The topological polar surface area (TPSA) is 20.3 Å². The molecule has 0 aliphatic rings. The molecule has 0 saturated carbocycles. The first-order valence-electron chi connectivity index (χ1n) is 5.02. The molecule has 15 heavy (non-hydrogen) atoms. The summed E-state index contributed by atoms with van der Waals surface area (Å²) in [4.78, 5) is 13.6. The summed E-state index contributed by atoms with van der Waals surface area (Å²) in [7, 11) is 1.78. The van der Waals surface area contributed by atoms with E-state index in [0.29, 0.717) is 12.4 Å².